The van der Waals surface area contributed by atoms with Gasteiger partial charge in [-0.15, -0.1) is 0 Å². The molecule has 1 aliphatic carbocycles. The van der Waals surface area contributed by atoms with Crippen molar-refractivity contribution in [2.24, 2.45) is 11.8 Å². The predicted molar refractivity (Wildman–Crippen MR) is 61.5 cm³/mol. The minimum absolute atomic E-state index is 0.681. The predicted octanol–water partition coefficient (Wildman–Crippen LogP) is 3.19. The van der Waals surface area contributed by atoms with E-state index in [2.05, 4.69) is 19.2 Å². The summed E-state index contributed by atoms with van der Waals surface area (Å²) in [5.41, 5.74) is 0. The van der Waals surface area contributed by atoms with E-state index in [1.807, 2.05) is 12.1 Å². The highest BCUT2D eigenvalue weighted by Gasteiger charge is 2.30. The Morgan fingerprint density at radius 2 is 2.33 bits per heavy atom. The third-order valence-electron chi connectivity index (χ3n) is 3.87. The molecule has 0 radical (unpaired) electrons. The molecule has 0 aliphatic heterocycles. The topological polar surface area (TPSA) is 25.2 Å². The molecule has 3 unspecified atom stereocenters. The Labute approximate surface area is 92.1 Å². The third-order valence-corrected chi connectivity index (χ3v) is 3.87. The molecule has 0 spiro atoms. The molecular weight excluding hydrogens is 186 g/mol. The van der Waals surface area contributed by atoms with Crippen molar-refractivity contribution in [1.29, 1.82) is 0 Å². The highest BCUT2D eigenvalue weighted by Crippen LogP contribution is 2.33. The van der Waals surface area contributed by atoms with Gasteiger partial charge in [0.1, 0.15) is 5.76 Å². The Balaban J connectivity index is 1.81. The second kappa shape index (κ2) is 4.84. The Morgan fingerprint density at radius 1 is 1.47 bits per heavy atom. The van der Waals surface area contributed by atoms with Crippen LogP contribution in [-0.2, 0) is 6.54 Å². The largest absolute Gasteiger partial charge is 0.468 e. The zero-order chi connectivity index (χ0) is 10.7. The molecule has 3 atom stereocenters. The number of rotatable bonds is 4. The standard InChI is InChI=1S/C13H21NO/c1-3-11-6-7-13(10(11)2)14-9-12-5-4-8-15-12/h4-5,8,10-11,13-14H,3,6-7,9H2,1-2H3. The van der Waals surface area contributed by atoms with Gasteiger partial charge in [-0.3, -0.25) is 0 Å². The summed E-state index contributed by atoms with van der Waals surface area (Å²) in [5, 5.41) is 3.60. The molecule has 0 saturated heterocycles. The summed E-state index contributed by atoms with van der Waals surface area (Å²) in [5.74, 6) is 2.77. The lowest BCUT2D eigenvalue weighted by Crippen LogP contribution is -2.32. The van der Waals surface area contributed by atoms with E-state index in [0.29, 0.717) is 6.04 Å². The molecule has 1 aromatic heterocycles. The third kappa shape index (κ3) is 2.43. The maximum atomic E-state index is 5.32. The molecule has 2 rings (SSSR count). The molecule has 1 aromatic rings. The van der Waals surface area contributed by atoms with Gasteiger partial charge in [-0.05, 0) is 36.8 Å². The lowest BCUT2D eigenvalue weighted by atomic mass is 9.93. The summed E-state index contributed by atoms with van der Waals surface area (Å²) in [6.45, 7) is 5.55. The van der Waals surface area contributed by atoms with Crippen molar-refractivity contribution in [2.75, 3.05) is 0 Å². The lowest BCUT2D eigenvalue weighted by molar-refractivity contribution is 0.335. The summed E-state index contributed by atoms with van der Waals surface area (Å²) in [7, 11) is 0. The fraction of sp³-hybridized carbons (Fsp3) is 0.692. The van der Waals surface area contributed by atoms with Crippen LogP contribution in [0.25, 0.3) is 0 Å². The molecule has 1 fully saturated rings. The minimum Gasteiger partial charge on any atom is -0.468 e. The molecule has 15 heavy (non-hydrogen) atoms. The minimum atomic E-state index is 0.681. The molecule has 1 saturated carbocycles. The van der Waals surface area contributed by atoms with Crippen LogP contribution >= 0.6 is 0 Å². The van der Waals surface area contributed by atoms with E-state index in [4.69, 9.17) is 4.42 Å². The zero-order valence-corrected chi connectivity index (χ0v) is 9.70. The maximum absolute atomic E-state index is 5.32. The van der Waals surface area contributed by atoms with Gasteiger partial charge in [-0.1, -0.05) is 20.3 Å². The van der Waals surface area contributed by atoms with Crippen molar-refractivity contribution in [3.63, 3.8) is 0 Å². The summed E-state index contributed by atoms with van der Waals surface area (Å²) < 4.78 is 5.32. The first-order valence-electron chi connectivity index (χ1n) is 6.07. The normalized spacial score (nSPS) is 30.9. The Bertz CT molecular complexity index is 281. The van der Waals surface area contributed by atoms with Crippen molar-refractivity contribution < 1.29 is 4.42 Å². The molecule has 2 nitrogen and oxygen atoms in total. The molecule has 1 heterocycles. The highest BCUT2D eigenvalue weighted by atomic mass is 16.3. The van der Waals surface area contributed by atoms with Crippen LogP contribution in [0.2, 0.25) is 0 Å². The summed E-state index contributed by atoms with van der Waals surface area (Å²) >= 11 is 0. The van der Waals surface area contributed by atoms with Gasteiger partial charge in [0.2, 0.25) is 0 Å². The van der Waals surface area contributed by atoms with Gasteiger partial charge in [0.15, 0.2) is 0 Å². The van der Waals surface area contributed by atoms with Crippen LogP contribution in [0, 0.1) is 11.8 Å². The fourth-order valence-corrected chi connectivity index (χ4v) is 2.76. The quantitative estimate of drug-likeness (QED) is 0.820. The molecule has 0 amide bonds. The van der Waals surface area contributed by atoms with Crippen molar-refractivity contribution >= 4 is 0 Å². The van der Waals surface area contributed by atoms with Gasteiger partial charge < -0.3 is 9.73 Å². The van der Waals surface area contributed by atoms with Crippen molar-refractivity contribution in [3.05, 3.63) is 24.2 Å². The van der Waals surface area contributed by atoms with Crippen LogP contribution in [0.5, 0.6) is 0 Å². The molecule has 1 N–H and O–H groups in total. The second-order valence-electron chi connectivity index (χ2n) is 4.67. The van der Waals surface area contributed by atoms with E-state index in [1.165, 1.54) is 19.3 Å². The van der Waals surface area contributed by atoms with E-state index in [9.17, 15) is 0 Å². The van der Waals surface area contributed by atoms with Crippen LogP contribution < -0.4 is 5.32 Å². The first-order chi connectivity index (χ1) is 7.31. The van der Waals surface area contributed by atoms with Crippen molar-refractivity contribution in [2.45, 2.75) is 45.7 Å². The van der Waals surface area contributed by atoms with Crippen LogP contribution in [-0.4, -0.2) is 6.04 Å². The van der Waals surface area contributed by atoms with E-state index in [-0.39, 0.29) is 0 Å². The summed E-state index contributed by atoms with van der Waals surface area (Å²) in [6.07, 6.45) is 5.76. The zero-order valence-electron chi connectivity index (χ0n) is 9.70. The fourth-order valence-electron chi connectivity index (χ4n) is 2.76. The average Bonchev–Trinajstić information content (AvgIpc) is 2.85. The first kappa shape index (κ1) is 10.7. The van der Waals surface area contributed by atoms with Crippen molar-refractivity contribution in [1.82, 2.24) is 5.32 Å². The van der Waals surface area contributed by atoms with Gasteiger partial charge in [0.25, 0.3) is 0 Å². The smallest absolute Gasteiger partial charge is 0.117 e. The molecule has 2 heteroatoms. The van der Waals surface area contributed by atoms with Gasteiger partial charge in [0, 0.05) is 6.04 Å². The highest BCUT2D eigenvalue weighted by molar-refractivity contribution is 4.98. The molecule has 84 valence electrons. The molecule has 1 aliphatic rings. The Kier molecular flexibility index (Phi) is 3.47. The number of hydrogen-bond acceptors (Lipinski definition) is 2. The van der Waals surface area contributed by atoms with Gasteiger partial charge in [-0.2, -0.15) is 0 Å². The Morgan fingerprint density at radius 3 is 2.93 bits per heavy atom. The van der Waals surface area contributed by atoms with E-state index < -0.39 is 0 Å². The average molecular weight is 207 g/mol. The van der Waals surface area contributed by atoms with E-state index in [1.54, 1.807) is 6.26 Å². The molecular formula is C13H21NO. The van der Waals surface area contributed by atoms with Crippen LogP contribution in [0.15, 0.2) is 22.8 Å². The summed E-state index contributed by atoms with van der Waals surface area (Å²) in [4.78, 5) is 0. The SMILES string of the molecule is CCC1CCC(NCc2ccco2)C1C. The molecule has 0 bridgehead atoms. The lowest BCUT2D eigenvalue weighted by Gasteiger charge is -2.20. The maximum Gasteiger partial charge on any atom is 0.117 e. The number of hydrogen-bond donors (Lipinski definition) is 1. The summed E-state index contributed by atoms with van der Waals surface area (Å²) in [6, 6.07) is 4.66. The Hall–Kier alpha value is -0.760. The second-order valence-corrected chi connectivity index (χ2v) is 4.67. The van der Waals surface area contributed by atoms with Gasteiger partial charge >= 0.3 is 0 Å². The van der Waals surface area contributed by atoms with Gasteiger partial charge in [0.05, 0.1) is 12.8 Å². The van der Waals surface area contributed by atoms with E-state index in [0.717, 1.165) is 24.1 Å². The van der Waals surface area contributed by atoms with Gasteiger partial charge in [-0.25, -0.2) is 0 Å². The first-order valence-corrected chi connectivity index (χ1v) is 6.07. The monoisotopic (exact) mass is 207 g/mol. The molecule has 0 aromatic carbocycles. The van der Waals surface area contributed by atoms with E-state index >= 15 is 0 Å². The van der Waals surface area contributed by atoms with Crippen LogP contribution in [0.1, 0.15) is 38.9 Å². The van der Waals surface area contributed by atoms with Crippen LogP contribution in [0.3, 0.4) is 0 Å². The number of furan rings is 1. The number of nitrogens with one attached hydrogen (secondary N) is 1. The van der Waals surface area contributed by atoms with Crippen LogP contribution in [0.4, 0.5) is 0 Å². The van der Waals surface area contributed by atoms with Crippen molar-refractivity contribution in [3.8, 4) is 0 Å².